The topological polar surface area (TPSA) is 38.0 Å². The molecular formula is C11H18N2OS. The molecule has 1 N–H and O–H groups in total. The highest BCUT2D eigenvalue weighted by Crippen LogP contribution is 2.48. The second kappa shape index (κ2) is 3.52. The van der Waals surface area contributed by atoms with Gasteiger partial charge in [-0.1, -0.05) is 13.8 Å². The van der Waals surface area contributed by atoms with Crippen molar-refractivity contribution >= 4 is 11.8 Å². The van der Waals surface area contributed by atoms with Gasteiger partial charge in [0, 0.05) is 24.4 Å². The minimum absolute atomic E-state index is 0.0773. The summed E-state index contributed by atoms with van der Waals surface area (Å²) in [7, 11) is 1.89. The van der Waals surface area contributed by atoms with Crippen LogP contribution in [0.3, 0.4) is 0 Å². The molecule has 1 aromatic rings. The lowest BCUT2D eigenvalue weighted by molar-refractivity contribution is -0.0640. The first-order valence-corrected chi connectivity index (χ1v) is 6.41. The van der Waals surface area contributed by atoms with E-state index in [1.54, 1.807) is 10.9 Å². The average molecular weight is 226 g/mol. The molecule has 1 aromatic heterocycles. The van der Waals surface area contributed by atoms with Gasteiger partial charge in [-0.05, 0) is 18.2 Å². The van der Waals surface area contributed by atoms with Gasteiger partial charge in [0.15, 0.2) is 0 Å². The average Bonchev–Trinajstić information content (AvgIpc) is 2.57. The van der Waals surface area contributed by atoms with Crippen molar-refractivity contribution in [3.8, 4) is 0 Å². The third kappa shape index (κ3) is 1.60. The van der Waals surface area contributed by atoms with Crippen molar-refractivity contribution in [1.82, 2.24) is 9.78 Å². The predicted molar refractivity (Wildman–Crippen MR) is 62.8 cm³/mol. The summed E-state index contributed by atoms with van der Waals surface area (Å²) in [6, 6.07) is 1.92. The molecule has 1 saturated heterocycles. The first-order valence-electron chi connectivity index (χ1n) is 5.26. The zero-order valence-corrected chi connectivity index (χ0v) is 10.3. The smallest absolute Gasteiger partial charge is 0.120 e. The molecule has 1 aliphatic rings. The molecule has 0 spiro atoms. The van der Waals surface area contributed by atoms with E-state index in [9.17, 15) is 5.11 Å². The van der Waals surface area contributed by atoms with Crippen LogP contribution in [0.1, 0.15) is 26.0 Å². The second-order valence-corrected chi connectivity index (χ2v) is 5.99. The minimum atomic E-state index is -0.749. The standard InChI is InChI=1S/C11H18N2OS/c1-10(2)5-7-15-8-11(10,14)9-4-6-12-13(9)3/h4,6,14H,5,7-8H2,1-3H3. The summed E-state index contributed by atoms with van der Waals surface area (Å²) in [4.78, 5) is 0. The summed E-state index contributed by atoms with van der Waals surface area (Å²) >= 11 is 1.82. The maximum absolute atomic E-state index is 10.9. The molecule has 0 aliphatic carbocycles. The molecule has 2 rings (SSSR count). The Labute approximate surface area is 94.9 Å². The quantitative estimate of drug-likeness (QED) is 0.793. The number of nitrogens with zero attached hydrogens (tertiary/aromatic N) is 2. The third-order valence-electron chi connectivity index (χ3n) is 3.55. The molecule has 2 heterocycles. The number of aliphatic hydroxyl groups is 1. The van der Waals surface area contributed by atoms with Crippen molar-refractivity contribution in [2.24, 2.45) is 12.5 Å². The molecule has 0 amide bonds. The molecule has 4 heteroatoms. The van der Waals surface area contributed by atoms with Crippen molar-refractivity contribution in [3.05, 3.63) is 18.0 Å². The Morgan fingerprint density at radius 1 is 1.53 bits per heavy atom. The van der Waals surface area contributed by atoms with Crippen LogP contribution in [0.15, 0.2) is 12.3 Å². The first kappa shape index (κ1) is 11.0. The lowest BCUT2D eigenvalue weighted by atomic mass is 9.71. The number of thioether (sulfide) groups is 1. The molecule has 1 fully saturated rings. The molecule has 0 saturated carbocycles. The van der Waals surface area contributed by atoms with E-state index in [2.05, 4.69) is 18.9 Å². The molecule has 0 aromatic carbocycles. The number of aryl methyl sites for hydroxylation is 1. The van der Waals surface area contributed by atoms with Crippen LogP contribution >= 0.6 is 11.8 Å². The Morgan fingerprint density at radius 3 is 2.80 bits per heavy atom. The van der Waals surface area contributed by atoms with E-state index < -0.39 is 5.60 Å². The highest BCUT2D eigenvalue weighted by Gasteiger charge is 2.48. The maximum atomic E-state index is 10.9. The van der Waals surface area contributed by atoms with Crippen LogP contribution in [0.4, 0.5) is 0 Å². The Bertz CT molecular complexity index is 361. The Hall–Kier alpha value is -0.480. The van der Waals surface area contributed by atoms with Crippen LogP contribution in [0, 0.1) is 5.41 Å². The highest BCUT2D eigenvalue weighted by atomic mass is 32.2. The van der Waals surface area contributed by atoms with Crippen LogP contribution in [0.2, 0.25) is 0 Å². The summed E-state index contributed by atoms with van der Waals surface area (Å²) in [6.07, 6.45) is 2.79. The van der Waals surface area contributed by atoms with Crippen LogP contribution in [0.5, 0.6) is 0 Å². The molecule has 0 radical (unpaired) electrons. The van der Waals surface area contributed by atoms with E-state index in [1.807, 2.05) is 24.9 Å². The normalized spacial score (nSPS) is 30.4. The van der Waals surface area contributed by atoms with Crippen molar-refractivity contribution in [2.45, 2.75) is 25.9 Å². The number of hydrogen-bond donors (Lipinski definition) is 1. The fourth-order valence-corrected chi connectivity index (χ4v) is 3.78. The van der Waals surface area contributed by atoms with Gasteiger partial charge in [0.25, 0.3) is 0 Å². The predicted octanol–water partition coefficient (Wildman–Crippen LogP) is 1.77. The number of hydrogen-bond acceptors (Lipinski definition) is 3. The zero-order chi connectivity index (χ0) is 11.1. The van der Waals surface area contributed by atoms with Crippen LogP contribution < -0.4 is 0 Å². The Morgan fingerprint density at radius 2 is 2.27 bits per heavy atom. The Balaban J connectivity index is 2.44. The van der Waals surface area contributed by atoms with Gasteiger partial charge in [-0.25, -0.2) is 0 Å². The van der Waals surface area contributed by atoms with Crippen molar-refractivity contribution in [3.63, 3.8) is 0 Å². The number of rotatable bonds is 1. The SMILES string of the molecule is Cn1nccc1C1(O)CSCCC1(C)C. The fraction of sp³-hybridized carbons (Fsp3) is 0.727. The Kier molecular flexibility index (Phi) is 2.59. The molecule has 0 bridgehead atoms. The largest absolute Gasteiger partial charge is 0.382 e. The van der Waals surface area contributed by atoms with Crippen LogP contribution in [0.25, 0.3) is 0 Å². The number of aromatic nitrogens is 2. The highest BCUT2D eigenvalue weighted by molar-refractivity contribution is 7.99. The summed E-state index contributed by atoms with van der Waals surface area (Å²) in [5.74, 6) is 1.90. The van der Waals surface area contributed by atoms with E-state index in [0.29, 0.717) is 0 Å². The van der Waals surface area contributed by atoms with Gasteiger partial charge in [-0.15, -0.1) is 0 Å². The summed E-state index contributed by atoms with van der Waals surface area (Å²) in [6.45, 7) is 4.28. The molecule has 3 nitrogen and oxygen atoms in total. The van der Waals surface area contributed by atoms with Gasteiger partial charge < -0.3 is 5.11 Å². The first-order chi connectivity index (χ1) is 6.97. The summed E-state index contributed by atoms with van der Waals surface area (Å²) in [5, 5.41) is 15.0. The van der Waals surface area contributed by atoms with E-state index >= 15 is 0 Å². The van der Waals surface area contributed by atoms with Gasteiger partial charge in [0.1, 0.15) is 5.60 Å². The van der Waals surface area contributed by atoms with E-state index in [4.69, 9.17) is 0 Å². The molecule has 1 unspecified atom stereocenters. The van der Waals surface area contributed by atoms with Crippen molar-refractivity contribution < 1.29 is 5.11 Å². The lowest BCUT2D eigenvalue weighted by Gasteiger charge is -2.45. The molecule has 15 heavy (non-hydrogen) atoms. The summed E-state index contributed by atoms with van der Waals surface area (Å²) in [5.41, 5.74) is 0.104. The summed E-state index contributed by atoms with van der Waals surface area (Å²) < 4.78 is 1.79. The van der Waals surface area contributed by atoms with Crippen LogP contribution in [-0.2, 0) is 12.6 Å². The van der Waals surface area contributed by atoms with Crippen molar-refractivity contribution in [2.75, 3.05) is 11.5 Å². The minimum Gasteiger partial charge on any atom is -0.382 e. The van der Waals surface area contributed by atoms with Gasteiger partial charge >= 0.3 is 0 Å². The van der Waals surface area contributed by atoms with Gasteiger partial charge in [0.05, 0.1) is 5.69 Å². The van der Waals surface area contributed by atoms with Crippen LogP contribution in [-0.4, -0.2) is 26.4 Å². The molecular weight excluding hydrogens is 208 g/mol. The zero-order valence-electron chi connectivity index (χ0n) is 9.53. The molecule has 84 valence electrons. The fourth-order valence-electron chi connectivity index (χ4n) is 2.15. The van der Waals surface area contributed by atoms with Gasteiger partial charge in [0.2, 0.25) is 0 Å². The monoisotopic (exact) mass is 226 g/mol. The van der Waals surface area contributed by atoms with Gasteiger partial charge in [-0.3, -0.25) is 4.68 Å². The second-order valence-electron chi connectivity index (χ2n) is 4.89. The van der Waals surface area contributed by atoms with E-state index in [1.165, 1.54) is 0 Å². The third-order valence-corrected chi connectivity index (χ3v) is 4.66. The van der Waals surface area contributed by atoms with Gasteiger partial charge in [-0.2, -0.15) is 16.9 Å². The van der Waals surface area contributed by atoms with E-state index in [0.717, 1.165) is 23.6 Å². The maximum Gasteiger partial charge on any atom is 0.120 e. The molecule has 1 aliphatic heterocycles. The van der Waals surface area contributed by atoms with E-state index in [-0.39, 0.29) is 5.41 Å². The molecule has 1 atom stereocenters. The van der Waals surface area contributed by atoms with Crippen molar-refractivity contribution in [1.29, 1.82) is 0 Å². The lowest BCUT2D eigenvalue weighted by Crippen LogP contribution is -2.48.